The predicted molar refractivity (Wildman–Crippen MR) is 45.0 cm³/mol. The minimum Gasteiger partial charge on any atom is -0.371 e. The molecule has 2 unspecified atom stereocenters. The van der Waals surface area contributed by atoms with Crippen LogP contribution in [0.25, 0.3) is 0 Å². The second-order valence-corrected chi connectivity index (χ2v) is 3.64. The summed E-state index contributed by atoms with van der Waals surface area (Å²) >= 11 is 0. The van der Waals surface area contributed by atoms with Crippen molar-refractivity contribution in [3.63, 3.8) is 0 Å². The summed E-state index contributed by atoms with van der Waals surface area (Å²) in [6, 6.07) is 0. The van der Waals surface area contributed by atoms with E-state index in [1.54, 1.807) is 7.11 Å². The maximum absolute atomic E-state index is 11.5. The summed E-state index contributed by atoms with van der Waals surface area (Å²) in [5.41, 5.74) is -0.466. The van der Waals surface area contributed by atoms with Crippen LogP contribution in [0.15, 0.2) is 0 Å². The Morgan fingerprint density at radius 3 is 2.42 bits per heavy atom. The van der Waals surface area contributed by atoms with Crippen LogP contribution in [0.5, 0.6) is 0 Å². The van der Waals surface area contributed by atoms with Gasteiger partial charge in [0.25, 0.3) is 0 Å². The van der Waals surface area contributed by atoms with Crippen molar-refractivity contribution in [2.45, 2.75) is 45.0 Å². The summed E-state index contributed by atoms with van der Waals surface area (Å²) in [6.07, 6.45) is 0.0506. The molecule has 0 radical (unpaired) electrons. The number of hydrogen-bond acceptors (Lipinski definition) is 3. The van der Waals surface area contributed by atoms with Crippen LogP contribution >= 0.6 is 0 Å². The summed E-state index contributed by atoms with van der Waals surface area (Å²) in [7, 11) is 1.55. The van der Waals surface area contributed by atoms with E-state index in [-0.39, 0.29) is 11.9 Å². The highest BCUT2D eigenvalue weighted by molar-refractivity contribution is 5.90. The number of methoxy groups -OCH3 is 1. The molecule has 0 aromatic carbocycles. The summed E-state index contributed by atoms with van der Waals surface area (Å²) in [6.45, 7) is 5.71. The highest BCUT2D eigenvalue weighted by Crippen LogP contribution is 2.30. The minimum atomic E-state index is -0.466. The molecule has 0 spiro atoms. The highest BCUT2D eigenvalue weighted by Gasteiger charge is 2.48. The molecular formula is C9H16O3. The number of carbonyl (C=O) groups is 1. The fourth-order valence-corrected chi connectivity index (χ4v) is 1.68. The molecule has 12 heavy (non-hydrogen) atoms. The number of rotatable bonds is 2. The average Bonchev–Trinajstić information content (AvgIpc) is 2.21. The fourth-order valence-electron chi connectivity index (χ4n) is 1.68. The van der Waals surface area contributed by atoms with Crippen molar-refractivity contribution >= 4 is 5.78 Å². The van der Waals surface area contributed by atoms with E-state index in [1.807, 2.05) is 20.8 Å². The molecule has 0 N–H and O–H groups in total. The predicted octanol–water partition coefficient (Wildman–Crippen LogP) is 1.16. The molecule has 0 saturated carbocycles. The lowest BCUT2D eigenvalue weighted by Gasteiger charge is -2.22. The van der Waals surface area contributed by atoms with Gasteiger partial charge in [-0.2, -0.15) is 0 Å². The SMILES string of the molecule is CCC1OC(C)(C)C(OC)C1=O. The van der Waals surface area contributed by atoms with Crippen LogP contribution in [0.1, 0.15) is 27.2 Å². The van der Waals surface area contributed by atoms with Crippen LogP contribution in [0.3, 0.4) is 0 Å². The molecule has 1 fully saturated rings. The average molecular weight is 172 g/mol. The van der Waals surface area contributed by atoms with Crippen LogP contribution in [-0.2, 0) is 14.3 Å². The van der Waals surface area contributed by atoms with Gasteiger partial charge in [0, 0.05) is 7.11 Å². The molecular weight excluding hydrogens is 156 g/mol. The van der Waals surface area contributed by atoms with E-state index in [1.165, 1.54) is 0 Å². The van der Waals surface area contributed by atoms with Crippen LogP contribution in [0.4, 0.5) is 0 Å². The Kier molecular flexibility index (Phi) is 2.54. The highest BCUT2D eigenvalue weighted by atomic mass is 16.6. The monoisotopic (exact) mass is 172 g/mol. The zero-order valence-electron chi connectivity index (χ0n) is 8.09. The standard InChI is InChI=1S/C9H16O3/c1-5-6-7(10)8(11-4)9(2,3)12-6/h6,8H,5H2,1-4H3. The van der Waals surface area contributed by atoms with Gasteiger partial charge in [-0.1, -0.05) is 6.92 Å². The Labute approximate surface area is 73.0 Å². The third-order valence-corrected chi connectivity index (χ3v) is 2.26. The number of Topliss-reactive ketones (excluding diaryl/α,β-unsaturated/α-hetero) is 1. The van der Waals surface area contributed by atoms with Crippen molar-refractivity contribution in [2.24, 2.45) is 0 Å². The molecule has 3 heteroatoms. The molecule has 0 amide bonds. The number of ketones is 1. The summed E-state index contributed by atoms with van der Waals surface area (Å²) in [5.74, 6) is 0.0741. The molecule has 0 aromatic rings. The van der Waals surface area contributed by atoms with E-state index in [9.17, 15) is 4.79 Å². The van der Waals surface area contributed by atoms with Gasteiger partial charge in [-0.25, -0.2) is 0 Å². The second-order valence-electron chi connectivity index (χ2n) is 3.64. The Morgan fingerprint density at radius 1 is 1.58 bits per heavy atom. The Morgan fingerprint density at radius 2 is 2.17 bits per heavy atom. The van der Waals surface area contributed by atoms with E-state index in [4.69, 9.17) is 9.47 Å². The van der Waals surface area contributed by atoms with E-state index < -0.39 is 11.7 Å². The topological polar surface area (TPSA) is 35.5 Å². The summed E-state index contributed by atoms with van der Waals surface area (Å²) < 4.78 is 10.6. The molecule has 1 heterocycles. The second kappa shape index (κ2) is 3.15. The number of carbonyl (C=O) groups excluding carboxylic acids is 1. The van der Waals surface area contributed by atoms with Gasteiger partial charge < -0.3 is 9.47 Å². The van der Waals surface area contributed by atoms with Crippen molar-refractivity contribution in [1.82, 2.24) is 0 Å². The first-order chi connectivity index (χ1) is 5.53. The largest absolute Gasteiger partial charge is 0.371 e. The molecule has 3 nitrogen and oxygen atoms in total. The van der Waals surface area contributed by atoms with E-state index >= 15 is 0 Å². The van der Waals surface area contributed by atoms with Gasteiger partial charge in [0.05, 0.1) is 5.60 Å². The van der Waals surface area contributed by atoms with Gasteiger partial charge in [0.2, 0.25) is 0 Å². The Balaban J connectivity index is 2.80. The molecule has 0 aliphatic carbocycles. The Hall–Kier alpha value is -0.410. The molecule has 1 aliphatic heterocycles. The maximum atomic E-state index is 11.5. The van der Waals surface area contributed by atoms with Crippen molar-refractivity contribution < 1.29 is 14.3 Å². The maximum Gasteiger partial charge on any atom is 0.193 e. The van der Waals surface area contributed by atoms with Crippen molar-refractivity contribution in [3.05, 3.63) is 0 Å². The van der Waals surface area contributed by atoms with Crippen LogP contribution in [0.2, 0.25) is 0 Å². The normalized spacial score (nSPS) is 34.2. The van der Waals surface area contributed by atoms with Crippen LogP contribution < -0.4 is 0 Å². The molecule has 1 saturated heterocycles. The minimum absolute atomic E-state index is 0.0741. The quantitative estimate of drug-likeness (QED) is 0.627. The van der Waals surface area contributed by atoms with Crippen molar-refractivity contribution in [3.8, 4) is 0 Å². The van der Waals surface area contributed by atoms with Gasteiger partial charge in [0.15, 0.2) is 5.78 Å². The van der Waals surface area contributed by atoms with Gasteiger partial charge in [-0.05, 0) is 20.3 Å². The van der Waals surface area contributed by atoms with Crippen molar-refractivity contribution in [1.29, 1.82) is 0 Å². The fraction of sp³-hybridized carbons (Fsp3) is 0.889. The zero-order chi connectivity index (χ0) is 9.35. The zero-order valence-corrected chi connectivity index (χ0v) is 8.09. The molecule has 0 aromatic heterocycles. The lowest BCUT2D eigenvalue weighted by atomic mass is 9.99. The number of hydrogen-bond donors (Lipinski definition) is 0. The van der Waals surface area contributed by atoms with E-state index in [2.05, 4.69) is 0 Å². The van der Waals surface area contributed by atoms with Crippen molar-refractivity contribution in [2.75, 3.05) is 7.11 Å². The molecule has 70 valence electrons. The molecule has 1 rings (SSSR count). The van der Waals surface area contributed by atoms with Gasteiger partial charge in [0.1, 0.15) is 12.2 Å². The third-order valence-electron chi connectivity index (χ3n) is 2.26. The van der Waals surface area contributed by atoms with Crippen LogP contribution in [0, 0.1) is 0 Å². The van der Waals surface area contributed by atoms with Crippen LogP contribution in [-0.4, -0.2) is 30.7 Å². The Bertz CT molecular complexity index is 186. The van der Waals surface area contributed by atoms with Gasteiger partial charge >= 0.3 is 0 Å². The first-order valence-electron chi connectivity index (χ1n) is 4.27. The smallest absolute Gasteiger partial charge is 0.193 e. The van der Waals surface area contributed by atoms with E-state index in [0.717, 1.165) is 6.42 Å². The van der Waals surface area contributed by atoms with Gasteiger partial charge in [-0.15, -0.1) is 0 Å². The molecule has 1 aliphatic rings. The molecule has 2 atom stereocenters. The summed E-state index contributed by atoms with van der Waals surface area (Å²) in [4.78, 5) is 11.5. The first-order valence-corrected chi connectivity index (χ1v) is 4.27. The lowest BCUT2D eigenvalue weighted by Crippen LogP contribution is -2.37. The van der Waals surface area contributed by atoms with E-state index in [0.29, 0.717) is 0 Å². The summed E-state index contributed by atoms with van der Waals surface area (Å²) in [5, 5.41) is 0. The first kappa shape index (κ1) is 9.68. The van der Waals surface area contributed by atoms with Gasteiger partial charge in [-0.3, -0.25) is 4.79 Å². The lowest BCUT2D eigenvalue weighted by molar-refractivity contribution is -0.128. The molecule has 0 bridgehead atoms. The number of ether oxygens (including phenoxy) is 2. The third kappa shape index (κ3) is 1.39.